The predicted molar refractivity (Wildman–Crippen MR) is 81.5 cm³/mol. The van der Waals surface area contributed by atoms with Gasteiger partial charge in [-0.2, -0.15) is 0 Å². The molecule has 0 radical (unpaired) electrons. The van der Waals surface area contributed by atoms with Gasteiger partial charge in [-0.3, -0.25) is 0 Å². The van der Waals surface area contributed by atoms with E-state index in [2.05, 4.69) is 30.1 Å². The highest BCUT2D eigenvalue weighted by atomic mass is 35.5. The molecule has 1 atom stereocenters. The van der Waals surface area contributed by atoms with Crippen LogP contribution < -0.4 is 15.0 Å². The highest BCUT2D eigenvalue weighted by molar-refractivity contribution is 6.32. The van der Waals surface area contributed by atoms with Crippen LogP contribution in [-0.2, 0) is 0 Å². The summed E-state index contributed by atoms with van der Waals surface area (Å²) in [7, 11) is 1.64. The number of nitrogens with one attached hydrogen (secondary N) is 1. The first-order valence-corrected chi connectivity index (χ1v) is 7.29. The van der Waals surface area contributed by atoms with Crippen LogP contribution in [0.5, 0.6) is 5.75 Å². The van der Waals surface area contributed by atoms with E-state index in [-0.39, 0.29) is 5.54 Å². The van der Waals surface area contributed by atoms with Gasteiger partial charge in [0.05, 0.1) is 12.1 Å². The number of rotatable bonds is 3. The lowest BCUT2D eigenvalue weighted by Crippen LogP contribution is -2.48. The van der Waals surface area contributed by atoms with E-state index >= 15 is 0 Å². The van der Waals surface area contributed by atoms with Crippen molar-refractivity contribution in [3.63, 3.8) is 0 Å². The van der Waals surface area contributed by atoms with Crippen LogP contribution in [0.25, 0.3) is 0 Å². The smallest absolute Gasteiger partial charge is 0.137 e. The zero-order valence-electron chi connectivity index (χ0n) is 12.0. The molecule has 1 aromatic carbocycles. The SMILES string of the molecule is CCC1(C)CN(c2ccc(OC)c(Cl)c2)CCCN1. The molecule has 0 aliphatic carbocycles. The first-order chi connectivity index (χ1) is 9.08. The van der Waals surface area contributed by atoms with Crippen molar-refractivity contribution in [1.29, 1.82) is 0 Å². The van der Waals surface area contributed by atoms with Gasteiger partial charge in [0.25, 0.3) is 0 Å². The normalized spacial score (nSPS) is 24.1. The zero-order chi connectivity index (χ0) is 13.9. The Balaban J connectivity index is 2.22. The fourth-order valence-electron chi connectivity index (χ4n) is 2.53. The Morgan fingerprint density at radius 1 is 1.47 bits per heavy atom. The van der Waals surface area contributed by atoms with Gasteiger partial charge in [0.15, 0.2) is 0 Å². The van der Waals surface area contributed by atoms with Gasteiger partial charge < -0.3 is 15.0 Å². The minimum Gasteiger partial charge on any atom is -0.495 e. The molecule has 1 saturated heterocycles. The number of anilines is 1. The maximum absolute atomic E-state index is 6.23. The number of hydrogen-bond acceptors (Lipinski definition) is 3. The molecular weight excluding hydrogens is 260 g/mol. The lowest BCUT2D eigenvalue weighted by Gasteiger charge is -2.34. The van der Waals surface area contributed by atoms with Gasteiger partial charge in [0.1, 0.15) is 5.75 Å². The van der Waals surface area contributed by atoms with Gasteiger partial charge in [0, 0.05) is 24.3 Å². The number of methoxy groups -OCH3 is 1. The summed E-state index contributed by atoms with van der Waals surface area (Å²) in [5.41, 5.74) is 1.34. The Bertz CT molecular complexity index is 438. The van der Waals surface area contributed by atoms with Crippen molar-refractivity contribution in [1.82, 2.24) is 5.32 Å². The minimum absolute atomic E-state index is 0.170. The van der Waals surface area contributed by atoms with E-state index in [0.717, 1.165) is 38.2 Å². The Kier molecular flexibility index (Phi) is 4.58. The molecule has 1 aliphatic heterocycles. The molecule has 3 nitrogen and oxygen atoms in total. The number of halogens is 1. The molecule has 0 aromatic heterocycles. The average molecular weight is 283 g/mol. The fourth-order valence-corrected chi connectivity index (χ4v) is 2.78. The van der Waals surface area contributed by atoms with Crippen LogP contribution in [0.1, 0.15) is 26.7 Å². The van der Waals surface area contributed by atoms with Crippen molar-refractivity contribution < 1.29 is 4.74 Å². The first kappa shape index (κ1) is 14.5. The molecule has 1 N–H and O–H groups in total. The van der Waals surface area contributed by atoms with Crippen molar-refractivity contribution in [3.8, 4) is 5.75 Å². The molecular formula is C15H23ClN2O. The summed E-state index contributed by atoms with van der Waals surface area (Å²) in [4.78, 5) is 2.41. The third-order valence-corrected chi connectivity index (χ3v) is 4.27. The predicted octanol–water partition coefficient (Wildman–Crippen LogP) is 3.32. The van der Waals surface area contributed by atoms with Crippen molar-refractivity contribution in [2.75, 3.05) is 31.6 Å². The second kappa shape index (κ2) is 6.02. The van der Waals surface area contributed by atoms with Crippen LogP contribution in [0.2, 0.25) is 5.02 Å². The van der Waals surface area contributed by atoms with E-state index in [1.807, 2.05) is 12.1 Å². The maximum atomic E-state index is 6.23. The summed E-state index contributed by atoms with van der Waals surface area (Å²) < 4.78 is 5.21. The van der Waals surface area contributed by atoms with Gasteiger partial charge in [-0.1, -0.05) is 18.5 Å². The van der Waals surface area contributed by atoms with Gasteiger partial charge in [0.2, 0.25) is 0 Å². The second-order valence-electron chi connectivity index (χ2n) is 5.43. The van der Waals surface area contributed by atoms with E-state index in [1.165, 1.54) is 5.69 Å². The van der Waals surface area contributed by atoms with Crippen LogP contribution >= 0.6 is 11.6 Å². The lowest BCUT2D eigenvalue weighted by molar-refractivity contribution is 0.366. The molecule has 1 heterocycles. The molecule has 0 saturated carbocycles. The summed E-state index contributed by atoms with van der Waals surface area (Å²) in [6, 6.07) is 6.03. The number of nitrogens with zero attached hydrogens (tertiary/aromatic N) is 1. The quantitative estimate of drug-likeness (QED) is 0.920. The lowest BCUT2D eigenvalue weighted by atomic mass is 9.98. The molecule has 0 spiro atoms. The number of benzene rings is 1. The summed E-state index contributed by atoms with van der Waals surface area (Å²) in [6.45, 7) is 7.66. The summed E-state index contributed by atoms with van der Waals surface area (Å²) >= 11 is 6.23. The fraction of sp³-hybridized carbons (Fsp3) is 0.600. The third kappa shape index (κ3) is 3.34. The van der Waals surface area contributed by atoms with E-state index < -0.39 is 0 Å². The Morgan fingerprint density at radius 2 is 2.26 bits per heavy atom. The number of hydrogen-bond donors (Lipinski definition) is 1. The Hall–Kier alpha value is -0.930. The van der Waals surface area contributed by atoms with Gasteiger partial charge in [-0.25, -0.2) is 0 Å². The Labute approximate surface area is 120 Å². The first-order valence-electron chi connectivity index (χ1n) is 6.91. The molecule has 1 unspecified atom stereocenters. The minimum atomic E-state index is 0.170. The molecule has 1 aromatic rings. The number of ether oxygens (including phenoxy) is 1. The van der Waals surface area contributed by atoms with E-state index in [0.29, 0.717) is 5.02 Å². The van der Waals surface area contributed by atoms with E-state index in [9.17, 15) is 0 Å². The summed E-state index contributed by atoms with van der Waals surface area (Å²) in [5, 5.41) is 4.32. The van der Waals surface area contributed by atoms with Crippen LogP contribution in [0.15, 0.2) is 18.2 Å². The largest absolute Gasteiger partial charge is 0.495 e. The third-order valence-electron chi connectivity index (χ3n) is 3.98. The standard InChI is InChI=1S/C15H23ClN2O/c1-4-15(2)11-18(9-5-8-17-15)12-6-7-14(19-3)13(16)10-12/h6-7,10,17H,4-5,8-9,11H2,1-3H3. The van der Waals surface area contributed by atoms with Crippen molar-refractivity contribution in [2.45, 2.75) is 32.2 Å². The van der Waals surface area contributed by atoms with Crippen LogP contribution in [0.3, 0.4) is 0 Å². The molecule has 106 valence electrons. The topological polar surface area (TPSA) is 24.5 Å². The van der Waals surface area contributed by atoms with Crippen molar-refractivity contribution in [2.24, 2.45) is 0 Å². The summed E-state index contributed by atoms with van der Waals surface area (Å²) in [6.07, 6.45) is 2.27. The molecule has 19 heavy (non-hydrogen) atoms. The average Bonchev–Trinajstić information content (AvgIpc) is 2.61. The molecule has 1 aliphatic rings. The van der Waals surface area contributed by atoms with Crippen molar-refractivity contribution >= 4 is 17.3 Å². The molecule has 1 fully saturated rings. The van der Waals surface area contributed by atoms with Crippen LogP contribution in [0, 0.1) is 0 Å². The maximum Gasteiger partial charge on any atom is 0.137 e. The Morgan fingerprint density at radius 3 is 2.89 bits per heavy atom. The van der Waals surface area contributed by atoms with Gasteiger partial charge in [-0.15, -0.1) is 0 Å². The van der Waals surface area contributed by atoms with Crippen LogP contribution in [0.4, 0.5) is 5.69 Å². The highest BCUT2D eigenvalue weighted by Crippen LogP contribution is 2.30. The molecule has 0 bridgehead atoms. The van der Waals surface area contributed by atoms with Gasteiger partial charge >= 0.3 is 0 Å². The second-order valence-corrected chi connectivity index (χ2v) is 5.84. The van der Waals surface area contributed by atoms with Crippen molar-refractivity contribution in [3.05, 3.63) is 23.2 Å². The zero-order valence-corrected chi connectivity index (χ0v) is 12.8. The monoisotopic (exact) mass is 282 g/mol. The molecule has 4 heteroatoms. The van der Waals surface area contributed by atoms with Crippen LogP contribution in [-0.4, -0.2) is 32.3 Å². The highest BCUT2D eigenvalue weighted by Gasteiger charge is 2.27. The van der Waals surface area contributed by atoms with E-state index in [1.54, 1.807) is 7.11 Å². The molecule has 0 amide bonds. The van der Waals surface area contributed by atoms with Gasteiger partial charge in [-0.05, 0) is 44.5 Å². The van der Waals surface area contributed by atoms with E-state index in [4.69, 9.17) is 16.3 Å². The summed E-state index contributed by atoms with van der Waals surface area (Å²) in [5.74, 6) is 0.733. The molecule has 2 rings (SSSR count).